The van der Waals surface area contributed by atoms with Crippen LogP contribution in [0.3, 0.4) is 0 Å². The van der Waals surface area contributed by atoms with E-state index in [2.05, 4.69) is 10.1 Å². The van der Waals surface area contributed by atoms with Gasteiger partial charge in [0.05, 0.1) is 6.61 Å². The van der Waals surface area contributed by atoms with Crippen molar-refractivity contribution in [3.63, 3.8) is 0 Å². The number of nitrogens with zero attached hydrogens (tertiary/aromatic N) is 2. The molecule has 0 N–H and O–H groups in total. The van der Waals surface area contributed by atoms with Crippen molar-refractivity contribution in [2.45, 2.75) is 25.2 Å². The maximum atomic E-state index is 12.9. The summed E-state index contributed by atoms with van der Waals surface area (Å²) in [6, 6.07) is 5.77. The summed E-state index contributed by atoms with van der Waals surface area (Å²) in [5.41, 5.74) is -0.137. The van der Waals surface area contributed by atoms with Crippen LogP contribution in [-0.2, 0) is 14.9 Å². The molecular weight excluding hydrogens is 263 g/mol. The average molecular weight is 276 g/mol. The normalized spacial score (nSPS) is 15.9. The molecule has 0 spiro atoms. The first-order valence-electron chi connectivity index (χ1n) is 6.43. The van der Waals surface area contributed by atoms with Crippen molar-refractivity contribution in [1.29, 1.82) is 0 Å². The number of hydrogen-bond acceptors (Lipinski definition) is 5. The minimum absolute atomic E-state index is 0.273. The summed E-state index contributed by atoms with van der Waals surface area (Å²) in [6.45, 7) is 2.07. The number of hydrogen-bond donors (Lipinski definition) is 0. The minimum Gasteiger partial charge on any atom is -0.465 e. The molecule has 1 heterocycles. The lowest BCUT2D eigenvalue weighted by Crippen LogP contribution is -2.23. The summed E-state index contributed by atoms with van der Waals surface area (Å²) in [5, 5.41) is 3.85. The van der Waals surface area contributed by atoms with E-state index < -0.39 is 5.41 Å². The van der Waals surface area contributed by atoms with Gasteiger partial charge in [-0.3, -0.25) is 4.79 Å². The van der Waals surface area contributed by atoms with E-state index in [1.54, 1.807) is 19.1 Å². The minimum atomic E-state index is -0.776. The zero-order valence-corrected chi connectivity index (χ0v) is 10.9. The fraction of sp³-hybridized carbons (Fsp3) is 0.357. The summed E-state index contributed by atoms with van der Waals surface area (Å²) in [5.74, 6) is -0.0391. The van der Waals surface area contributed by atoms with E-state index in [1.165, 1.54) is 12.1 Å². The monoisotopic (exact) mass is 276 g/mol. The highest BCUT2D eigenvalue weighted by molar-refractivity contribution is 5.85. The van der Waals surface area contributed by atoms with Gasteiger partial charge in [-0.05, 0) is 44.0 Å². The third kappa shape index (κ3) is 2.07. The number of rotatable bonds is 4. The number of carbonyl (C=O) groups excluding carboxylic acids is 1. The van der Waals surface area contributed by atoms with Gasteiger partial charge in [0.2, 0.25) is 11.7 Å². The van der Waals surface area contributed by atoms with Gasteiger partial charge in [-0.25, -0.2) is 4.39 Å². The topological polar surface area (TPSA) is 65.2 Å². The molecule has 0 saturated heterocycles. The van der Waals surface area contributed by atoms with Gasteiger partial charge in [0.15, 0.2) is 0 Å². The van der Waals surface area contributed by atoms with E-state index in [9.17, 15) is 9.18 Å². The number of benzene rings is 1. The second kappa shape index (κ2) is 4.70. The molecule has 1 aliphatic rings. The zero-order valence-electron chi connectivity index (χ0n) is 10.9. The molecule has 0 amide bonds. The lowest BCUT2D eigenvalue weighted by atomic mass is 10.1. The summed E-state index contributed by atoms with van der Waals surface area (Å²) < 4.78 is 23.1. The Balaban J connectivity index is 1.87. The molecule has 1 aromatic carbocycles. The Hall–Kier alpha value is -2.24. The first-order chi connectivity index (χ1) is 9.65. The second-order valence-electron chi connectivity index (χ2n) is 4.73. The van der Waals surface area contributed by atoms with E-state index in [0.717, 1.165) is 0 Å². The average Bonchev–Trinajstić information content (AvgIpc) is 3.12. The van der Waals surface area contributed by atoms with Gasteiger partial charge in [-0.1, -0.05) is 5.16 Å². The Morgan fingerprint density at radius 3 is 2.70 bits per heavy atom. The van der Waals surface area contributed by atoms with E-state index in [-0.39, 0.29) is 17.7 Å². The van der Waals surface area contributed by atoms with E-state index in [4.69, 9.17) is 9.26 Å². The molecule has 1 aromatic heterocycles. The molecule has 0 aliphatic heterocycles. The van der Waals surface area contributed by atoms with Crippen molar-refractivity contribution in [3.05, 3.63) is 36.0 Å². The van der Waals surface area contributed by atoms with Crippen molar-refractivity contribution in [3.8, 4) is 11.4 Å². The van der Waals surface area contributed by atoms with Crippen LogP contribution in [0.1, 0.15) is 25.7 Å². The number of carbonyl (C=O) groups is 1. The highest BCUT2D eigenvalue weighted by Crippen LogP contribution is 2.48. The second-order valence-corrected chi connectivity index (χ2v) is 4.73. The molecular formula is C14H13FN2O3. The molecule has 3 rings (SSSR count). The van der Waals surface area contributed by atoms with Crippen LogP contribution in [0.2, 0.25) is 0 Å². The van der Waals surface area contributed by atoms with Crippen LogP contribution < -0.4 is 0 Å². The zero-order chi connectivity index (χ0) is 14.2. The summed E-state index contributed by atoms with van der Waals surface area (Å²) in [6.07, 6.45) is 1.30. The molecule has 0 atom stereocenters. The standard InChI is InChI=1S/C14H13FN2O3/c1-2-19-13(18)14(7-8-14)12-16-11(17-20-12)9-3-5-10(15)6-4-9/h3-6H,2,7-8H2,1H3. The largest absolute Gasteiger partial charge is 0.465 e. The van der Waals surface area contributed by atoms with Gasteiger partial charge in [0.1, 0.15) is 11.2 Å². The molecule has 5 nitrogen and oxygen atoms in total. The van der Waals surface area contributed by atoms with Crippen molar-refractivity contribution >= 4 is 5.97 Å². The Kier molecular flexibility index (Phi) is 3.00. The molecule has 1 aliphatic carbocycles. The third-order valence-electron chi connectivity index (χ3n) is 3.35. The Morgan fingerprint density at radius 2 is 2.10 bits per heavy atom. The fourth-order valence-electron chi connectivity index (χ4n) is 2.03. The van der Waals surface area contributed by atoms with Gasteiger partial charge in [-0.2, -0.15) is 4.98 Å². The van der Waals surface area contributed by atoms with Crippen molar-refractivity contribution < 1.29 is 18.4 Å². The number of aromatic nitrogens is 2. The van der Waals surface area contributed by atoms with Gasteiger partial charge in [0, 0.05) is 5.56 Å². The van der Waals surface area contributed by atoms with Crippen molar-refractivity contribution in [1.82, 2.24) is 10.1 Å². The molecule has 20 heavy (non-hydrogen) atoms. The smallest absolute Gasteiger partial charge is 0.321 e. The molecule has 1 fully saturated rings. The van der Waals surface area contributed by atoms with Crippen LogP contribution in [0.4, 0.5) is 4.39 Å². The van der Waals surface area contributed by atoms with Gasteiger partial charge >= 0.3 is 5.97 Å². The van der Waals surface area contributed by atoms with Crippen LogP contribution >= 0.6 is 0 Å². The van der Waals surface area contributed by atoms with Crippen LogP contribution in [0, 0.1) is 5.82 Å². The molecule has 0 unspecified atom stereocenters. The van der Waals surface area contributed by atoms with Crippen LogP contribution in [0.15, 0.2) is 28.8 Å². The maximum Gasteiger partial charge on any atom is 0.321 e. The lowest BCUT2D eigenvalue weighted by molar-refractivity contribution is -0.146. The van der Waals surface area contributed by atoms with Crippen LogP contribution in [0.5, 0.6) is 0 Å². The highest BCUT2D eigenvalue weighted by Gasteiger charge is 2.57. The Bertz CT molecular complexity index is 632. The molecule has 2 aromatic rings. The molecule has 1 saturated carbocycles. The van der Waals surface area contributed by atoms with Crippen molar-refractivity contribution in [2.24, 2.45) is 0 Å². The summed E-state index contributed by atoms with van der Waals surface area (Å²) >= 11 is 0. The molecule has 0 bridgehead atoms. The molecule has 0 radical (unpaired) electrons. The molecule has 6 heteroatoms. The summed E-state index contributed by atoms with van der Waals surface area (Å²) in [4.78, 5) is 16.2. The number of halogens is 1. The number of ether oxygens (including phenoxy) is 1. The van der Waals surface area contributed by atoms with Crippen molar-refractivity contribution in [2.75, 3.05) is 6.61 Å². The SMILES string of the molecule is CCOC(=O)C1(c2nc(-c3ccc(F)cc3)no2)CC1. The van der Waals surface area contributed by atoms with E-state index in [1.807, 2.05) is 0 Å². The quantitative estimate of drug-likeness (QED) is 0.802. The predicted octanol–water partition coefficient (Wildman–Crippen LogP) is 2.47. The Morgan fingerprint density at radius 1 is 1.40 bits per heavy atom. The summed E-state index contributed by atoms with van der Waals surface area (Å²) in [7, 11) is 0. The third-order valence-corrected chi connectivity index (χ3v) is 3.35. The van der Waals surface area contributed by atoms with Gasteiger partial charge < -0.3 is 9.26 Å². The van der Waals surface area contributed by atoms with E-state index >= 15 is 0 Å². The van der Waals surface area contributed by atoms with Crippen LogP contribution in [0.25, 0.3) is 11.4 Å². The first kappa shape index (κ1) is 12.8. The Labute approximate surface area is 114 Å². The van der Waals surface area contributed by atoms with Gasteiger partial charge in [0.25, 0.3) is 0 Å². The highest BCUT2D eigenvalue weighted by atomic mass is 19.1. The first-order valence-corrected chi connectivity index (χ1v) is 6.43. The lowest BCUT2D eigenvalue weighted by Gasteiger charge is -2.07. The van der Waals surface area contributed by atoms with Crippen LogP contribution in [-0.4, -0.2) is 22.7 Å². The predicted molar refractivity (Wildman–Crippen MR) is 67.2 cm³/mol. The maximum absolute atomic E-state index is 12.9. The number of esters is 1. The molecule has 104 valence electrons. The van der Waals surface area contributed by atoms with Gasteiger partial charge in [-0.15, -0.1) is 0 Å². The van der Waals surface area contributed by atoms with E-state index in [0.29, 0.717) is 30.8 Å². The fourth-order valence-corrected chi connectivity index (χ4v) is 2.03.